The number of carbonyl (C=O) groups excluding carboxylic acids is 1. The van der Waals surface area contributed by atoms with Crippen LogP contribution in [0.5, 0.6) is 0 Å². The average Bonchev–Trinajstić information content (AvgIpc) is 3.45. The minimum atomic E-state index is -0.0268. The maximum atomic E-state index is 12.5. The zero-order valence-electron chi connectivity index (χ0n) is 19.3. The third kappa shape index (κ3) is 3.96. The number of fused-ring (bicyclic) bond motifs is 2. The molecule has 180 valence electrons. The lowest BCUT2D eigenvalue weighted by Crippen LogP contribution is -2.36. The molecule has 0 bridgehead atoms. The number of aromatic nitrogens is 6. The van der Waals surface area contributed by atoms with Crippen molar-refractivity contribution in [3.05, 3.63) is 29.0 Å². The number of pyridine rings is 2. The lowest BCUT2D eigenvalue weighted by atomic mass is 10.1. The van der Waals surface area contributed by atoms with Crippen molar-refractivity contribution in [2.24, 2.45) is 11.8 Å². The average molecular weight is 538 g/mol. The van der Waals surface area contributed by atoms with Gasteiger partial charge >= 0.3 is 0 Å². The normalized spacial score (nSPS) is 19.8. The summed E-state index contributed by atoms with van der Waals surface area (Å²) < 4.78 is 8.09. The number of amides is 1. The SMILES string of the molecule is CNc1ncc(-c2nc3ccc(N4CCOCC4)c(Br)n3n2)c2cc(NC(=O)[C@H]3C[C@H]3C)nnc12. The molecule has 1 aliphatic heterocycles. The predicted octanol–water partition coefficient (Wildman–Crippen LogP) is 2.97. The van der Waals surface area contributed by atoms with Crippen LogP contribution in [0.3, 0.4) is 0 Å². The zero-order valence-corrected chi connectivity index (χ0v) is 20.9. The first-order chi connectivity index (χ1) is 17.0. The first-order valence-electron chi connectivity index (χ1n) is 11.6. The first-order valence-corrected chi connectivity index (χ1v) is 12.4. The van der Waals surface area contributed by atoms with Gasteiger partial charge in [-0.3, -0.25) is 4.79 Å². The van der Waals surface area contributed by atoms with Crippen molar-refractivity contribution in [3.63, 3.8) is 0 Å². The van der Waals surface area contributed by atoms with Crippen molar-refractivity contribution in [3.8, 4) is 11.4 Å². The predicted molar refractivity (Wildman–Crippen MR) is 135 cm³/mol. The summed E-state index contributed by atoms with van der Waals surface area (Å²) in [6.45, 7) is 5.10. The topological polar surface area (TPSA) is 122 Å². The molecule has 1 saturated heterocycles. The van der Waals surface area contributed by atoms with Gasteiger partial charge in [0.15, 0.2) is 23.1 Å². The Morgan fingerprint density at radius 3 is 2.77 bits per heavy atom. The second-order valence-electron chi connectivity index (χ2n) is 8.89. The van der Waals surface area contributed by atoms with Crippen LogP contribution in [-0.2, 0) is 9.53 Å². The van der Waals surface area contributed by atoms with Crippen LogP contribution >= 0.6 is 15.9 Å². The van der Waals surface area contributed by atoms with Crippen LogP contribution in [0, 0.1) is 11.8 Å². The molecule has 1 saturated carbocycles. The fourth-order valence-electron chi connectivity index (χ4n) is 4.42. The van der Waals surface area contributed by atoms with Gasteiger partial charge in [0, 0.05) is 43.2 Å². The molecule has 6 rings (SSSR count). The standard InChI is InChI=1S/C23H24BrN9O2/c1-12-9-13(12)23(34)27-17-10-14-15(11-26-22(25-2)19(14)30-29-17)21-28-18-4-3-16(20(24)33(18)31-21)32-5-7-35-8-6-32/h3-4,10-13H,5-9H2,1-2H3,(H,25,26)(H,27,29,34)/t12-,13+/m1/s1. The van der Waals surface area contributed by atoms with Crippen LogP contribution in [0.1, 0.15) is 13.3 Å². The Balaban J connectivity index is 1.43. The van der Waals surface area contributed by atoms with Crippen molar-refractivity contribution in [2.75, 3.05) is 48.9 Å². The lowest BCUT2D eigenvalue weighted by Gasteiger charge is -2.29. The molecule has 12 heteroatoms. The van der Waals surface area contributed by atoms with E-state index in [2.05, 4.69) is 53.6 Å². The monoisotopic (exact) mass is 537 g/mol. The molecule has 5 heterocycles. The van der Waals surface area contributed by atoms with Gasteiger partial charge in [-0.2, -0.15) is 0 Å². The molecule has 0 unspecified atom stereocenters. The van der Waals surface area contributed by atoms with Crippen molar-refractivity contribution in [1.29, 1.82) is 0 Å². The summed E-state index contributed by atoms with van der Waals surface area (Å²) >= 11 is 3.72. The summed E-state index contributed by atoms with van der Waals surface area (Å²) in [6.07, 6.45) is 2.62. The van der Waals surface area contributed by atoms with Crippen LogP contribution in [0.4, 0.5) is 17.3 Å². The van der Waals surface area contributed by atoms with Gasteiger partial charge in [0.05, 0.1) is 18.9 Å². The smallest absolute Gasteiger partial charge is 0.228 e. The first kappa shape index (κ1) is 22.1. The number of hydrogen-bond acceptors (Lipinski definition) is 9. The molecule has 0 aromatic carbocycles. The lowest BCUT2D eigenvalue weighted by molar-refractivity contribution is -0.117. The van der Waals surface area contributed by atoms with E-state index in [1.165, 1.54) is 0 Å². The summed E-state index contributed by atoms with van der Waals surface area (Å²) in [4.78, 5) is 24.0. The molecular formula is C23H24BrN9O2. The maximum Gasteiger partial charge on any atom is 0.228 e. The highest BCUT2D eigenvalue weighted by molar-refractivity contribution is 9.10. The second kappa shape index (κ2) is 8.68. The summed E-state index contributed by atoms with van der Waals surface area (Å²) in [5.74, 6) is 1.91. The van der Waals surface area contributed by atoms with Gasteiger partial charge in [0.2, 0.25) is 5.91 Å². The minimum Gasteiger partial charge on any atom is -0.378 e. The third-order valence-corrected chi connectivity index (χ3v) is 7.32. The van der Waals surface area contributed by atoms with E-state index in [0.717, 1.165) is 35.2 Å². The van der Waals surface area contributed by atoms with E-state index >= 15 is 0 Å². The molecule has 0 radical (unpaired) electrons. The Kier molecular flexibility index (Phi) is 5.49. The Hall–Kier alpha value is -3.38. The molecule has 4 aromatic rings. The molecule has 1 amide bonds. The molecule has 4 aromatic heterocycles. The number of rotatable bonds is 5. The van der Waals surface area contributed by atoms with Crippen LogP contribution in [-0.4, -0.2) is 69.0 Å². The summed E-state index contributed by atoms with van der Waals surface area (Å²) in [5.41, 5.74) is 3.02. The van der Waals surface area contributed by atoms with Gasteiger partial charge in [0.1, 0.15) is 10.1 Å². The van der Waals surface area contributed by atoms with Crippen molar-refractivity contribution in [2.45, 2.75) is 13.3 Å². The Morgan fingerprint density at radius 1 is 1.23 bits per heavy atom. The van der Waals surface area contributed by atoms with E-state index in [4.69, 9.17) is 14.8 Å². The van der Waals surface area contributed by atoms with Crippen LogP contribution in [0.15, 0.2) is 29.0 Å². The highest BCUT2D eigenvalue weighted by Crippen LogP contribution is 2.39. The highest BCUT2D eigenvalue weighted by Gasteiger charge is 2.39. The number of nitrogens with one attached hydrogen (secondary N) is 2. The second-order valence-corrected chi connectivity index (χ2v) is 9.64. The number of hydrogen-bond donors (Lipinski definition) is 2. The molecule has 1 aliphatic carbocycles. The van der Waals surface area contributed by atoms with Crippen LogP contribution < -0.4 is 15.5 Å². The third-order valence-electron chi connectivity index (χ3n) is 6.58. The summed E-state index contributed by atoms with van der Waals surface area (Å²) in [6, 6.07) is 5.80. The van der Waals surface area contributed by atoms with Crippen LogP contribution in [0.25, 0.3) is 27.9 Å². The van der Waals surface area contributed by atoms with Crippen molar-refractivity contribution in [1.82, 2.24) is 29.8 Å². The number of halogens is 1. The van der Waals surface area contributed by atoms with E-state index in [-0.39, 0.29) is 11.8 Å². The molecular weight excluding hydrogens is 514 g/mol. The van der Waals surface area contributed by atoms with Gasteiger partial charge in [-0.15, -0.1) is 15.3 Å². The zero-order chi connectivity index (χ0) is 24.1. The Morgan fingerprint density at radius 2 is 2.03 bits per heavy atom. The minimum absolute atomic E-state index is 0.0268. The molecule has 11 nitrogen and oxygen atoms in total. The van der Waals surface area contributed by atoms with Gasteiger partial charge in [-0.05, 0) is 46.5 Å². The Labute approximate surface area is 209 Å². The Bertz CT molecular complexity index is 1450. The highest BCUT2D eigenvalue weighted by atomic mass is 79.9. The maximum absolute atomic E-state index is 12.5. The van der Waals surface area contributed by atoms with Gasteiger partial charge in [-0.1, -0.05) is 6.92 Å². The fourth-order valence-corrected chi connectivity index (χ4v) is 5.07. The van der Waals surface area contributed by atoms with Gasteiger partial charge in [0.25, 0.3) is 0 Å². The largest absolute Gasteiger partial charge is 0.378 e. The van der Waals surface area contributed by atoms with Crippen molar-refractivity contribution < 1.29 is 9.53 Å². The van der Waals surface area contributed by atoms with E-state index < -0.39 is 0 Å². The number of anilines is 3. The molecule has 2 N–H and O–H groups in total. The van der Waals surface area contributed by atoms with Gasteiger partial charge < -0.3 is 20.3 Å². The molecule has 0 spiro atoms. The number of nitrogens with zero attached hydrogens (tertiary/aromatic N) is 7. The van der Waals surface area contributed by atoms with E-state index in [1.807, 2.05) is 18.2 Å². The fraction of sp³-hybridized carbons (Fsp3) is 0.391. The number of carbonyl (C=O) groups is 1. The molecule has 2 atom stereocenters. The van der Waals surface area contributed by atoms with E-state index in [9.17, 15) is 4.79 Å². The molecule has 2 aliphatic rings. The quantitative estimate of drug-likeness (QED) is 0.369. The van der Waals surface area contributed by atoms with E-state index in [1.54, 1.807) is 17.8 Å². The number of ether oxygens (including phenoxy) is 1. The summed E-state index contributed by atoms with van der Waals surface area (Å²) in [5, 5.41) is 20.1. The molecule has 35 heavy (non-hydrogen) atoms. The summed E-state index contributed by atoms with van der Waals surface area (Å²) in [7, 11) is 1.78. The molecule has 2 fully saturated rings. The number of morpholine rings is 1. The van der Waals surface area contributed by atoms with Crippen molar-refractivity contribution >= 4 is 55.7 Å². The van der Waals surface area contributed by atoms with Gasteiger partial charge in [-0.25, -0.2) is 14.5 Å². The van der Waals surface area contributed by atoms with E-state index in [0.29, 0.717) is 53.3 Å². The van der Waals surface area contributed by atoms with Crippen LogP contribution in [0.2, 0.25) is 0 Å².